The van der Waals surface area contributed by atoms with Crippen molar-refractivity contribution in [2.75, 3.05) is 0 Å². The lowest BCUT2D eigenvalue weighted by Gasteiger charge is -2.19. The number of fused-ring (bicyclic) bond motifs is 1. The molecule has 0 aromatic rings. The van der Waals surface area contributed by atoms with Crippen LogP contribution in [-0.4, -0.2) is 23.3 Å². The Hall–Kier alpha value is -1.35. The third kappa shape index (κ3) is 2.56. The number of carbonyl (C=O) groups excluding carboxylic acids is 1. The van der Waals surface area contributed by atoms with E-state index in [9.17, 15) is 9.90 Å². The Balaban J connectivity index is 2.29. The fraction of sp³-hybridized carbons (Fsp3) is 0.533. The van der Waals surface area contributed by atoms with Gasteiger partial charge in [-0.1, -0.05) is 18.2 Å². The van der Waals surface area contributed by atoms with Crippen LogP contribution in [0.2, 0.25) is 0 Å². The molecule has 0 saturated carbocycles. The highest BCUT2D eigenvalue weighted by Gasteiger charge is 2.37. The molecule has 98 valence electrons. The first-order chi connectivity index (χ1) is 8.49. The number of carbonyl (C=O) groups is 1. The van der Waals surface area contributed by atoms with Crippen LogP contribution in [0.5, 0.6) is 0 Å². The number of ether oxygens (including phenoxy) is 1. The number of rotatable bonds is 0. The van der Waals surface area contributed by atoms with Gasteiger partial charge in [0.1, 0.15) is 6.10 Å². The predicted molar refractivity (Wildman–Crippen MR) is 69.9 cm³/mol. The molecule has 1 aliphatic carbocycles. The van der Waals surface area contributed by atoms with Crippen molar-refractivity contribution in [2.24, 2.45) is 5.92 Å². The Kier molecular flexibility index (Phi) is 3.71. The molecule has 1 fully saturated rings. The standard InChI is InChI=1S/C15H20O3/c1-9-4-6-12-11(3)15(17)18-14(12)8-10(2)13(16)7-5-9/h5,8,12-14,16H,3-4,6-7H2,1-2H3/b9-5+,10-8+/t12-,13+,14+/m1/s1. The summed E-state index contributed by atoms with van der Waals surface area (Å²) in [5.41, 5.74) is 2.67. The molecule has 1 N–H and O–H groups in total. The van der Waals surface area contributed by atoms with E-state index in [1.807, 2.05) is 13.0 Å². The summed E-state index contributed by atoms with van der Waals surface area (Å²) >= 11 is 0. The molecule has 18 heavy (non-hydrogen) atoms. The van der Waals surface area contributed by atoms with Gasteiger partial charge in [-0.05, 0) is 44.8 Å². The van der Waals surface area contributed by atoms with Gasteiger partial charge in [0.05, 0.1) is 6.10 Å². The van der Waals surface area contributed by atoms with Crippen LogP contribution >= 0.6 is 0 Å². The van der Waals surface area contributed by atoms with Gasteiger partial charge in [-0.15, -0.1) is 0 Å². The van der Waals surface area contributed by atoms with E-state index in [0.717, 1.165) is 18.4 Å². The molecule has 0 amide bonds. The van der Waals surface area contributed by atoms with Crippen LogP contribution < -0.4 is 0 Å². The average Bonchev–Trinajstić information content (AvgIpc) is 2.59. The van der Waals surface area contributed by atoms with Crippen LogP contribution in [0, 0.1) is 5.92 Å². The Morgan fingerprint density at radius 1 is 1.44 bits per heavy atom. The Bertz CT molecular complexity index is 431. The van der Waals surface area contributed by atoms with E-state index in [1.54, 1.807) is 0 Å². The fourth-order valence-electron chi connectivity index (χ4n) is 2.47. The van der Waals surface area contributed by atoms with Crippen molar-refractivity contribution in [1.29, 1.82) is 0 Å². The number of aliphatic hydroxyl groups is 1. The quantitative estimate of drug-likeness (QED) is 0.407. The summed E-state index contributed by atoms with van der Waals surface area (Å²) in [5.74, 6) is -0.259. The summed E-state index contributed by atoms with van der Waals surface area (Å²) < 4.78 is 5.32. The summed E-state index contributed by atoms with van der Waals surface area (Å²) in [4.78, 5) is 11.6. The minimum absolute atomic E-state index is 0.0427. The monoisotopic (exact) mass is 248 g/mol. The fourth-order valence-corrected chi connectivity index (χ4v) is 2.47. The Morgan fingerprint density at radius 3 is 2.89 bits per heavy atom. The number of esters is 1. The van der Waals surface area contributed by atoms with E-state index >= 15 is 0 Å². The van der Waals surface area contributed by atoms with Gasteiger partial charge in [0.2, 0.25) is 0 Å². The molecule has 0 unspecified atom stereocenters. The third-order valence-electron chi connectivity index (χ3n) is 3.84. The van der Waals surface area contributed by atoms with E-state index in [-0.39, 0.29) is 18.0 Å². The molecular weight excluding hydrogens is 228 g/mol. The average molecular weight is 248 g/mol. The summed E-state index contributed by atoms with van der Waals surface area (Å²) in [6.45, 7) is 7.76. The number of aliphatic hydroxyl groups excluding tert-OH is 1. The molecule has 1 saturated heterocycles. The normalized spacial score (nSPS) is 39.2. The number of allylic oxidation sites excluding steroid dienone is 1. The minimum atomic E-state index is -0.494. The van der Waals surface area contributed by atoms with Gasteiger partial charge in [0, 0.05) is 11.5 Å². The molecule has 1 aliphatic heterocycles. The smallest absolute Gasteiger partial charge is 0.334 e. The van der Waals surface area contributed by atoms with Gasteiger partial charge in [-0.25, -0.2) is 4.79 Å². The molecule has 3 nitrogen and oxygen atoms in total. The molecule has 0 spiro atoms. The molecule has 0 radical (unpaired) electrons. The topological polar surface area (TPSA) is 46.5 Å². The van der Waals surface area contributed by atoms with Crippen LogP contribution in [-0.2, 0) is 9.53 Å². The molecule has 3 atom stereocenters. The van der Waals surface area contributed by atoms with Crippen molar-refractivity contribution in [3.8, 4) is 0 Å². The third-order valence-corrected chi connectivity index (χ3v) is 3.84. The van der Waals surface area contributed by atoms with Crippen LogP contribution in [0.3, 0.4) is 0 Å². The van der Waals surface area contributed by atoms with E-state index in [4.69, 9.17) is 4.74 Å². The zero-order chi connectivity index (χ0) is 13.3. The lowest BCUT2D eigenvalue weighted by Crippen LogP contribution is -2.18. The maximum absolute atomic E-state index is 11.6. The van der Waals surface area contributed by atoms with Gasteiger partial charge in [0.25, 0.3) is 0 Å². The summed E-state index contributed by atoms with van der Waals surface area (Å²) in [7, 11) is 0. The molecule has 0 aromatic carbocycles. The maximum Gasteiger partial charge on any atom is 0.334 e. The SMILES string of the molecule is C=C1C(=O)O[C@H]2/C=C(\C)[C@@H](O)C/C=C(\C)CC[C@H]12. The first kappa shape index (κ1) is 13.1. The molecule has 0 aromatic heterocycles. The van der Waals surface area contributed by atoms with E-state index < -0.39 is 6.10 Å². The van der Waals surface area contributed by atoms with Crippen molar-refractivity contribution in [1.82, 2.24) is 0 Å². The lowest BCUT2D eigenvalue weighted by molar-refractivity contribution is -0.137. The van der Waals surface area contributed by atoms with Crippen molar-refractivity contribution in [2.45, 2.75) is 45.3 Å². The molecule has 0 bridgehead atoms. The van der Waals surface area contributed by atoms with E-state index in [1.165, 1.54) is 5.57 Å². The van der Waals surface area contributed by atoms with Crippen molar-refractivity contribution < 1.29 is 14.6 Å². The second-order valence-electron chi connectivity index (χ2n) is 5.25. The van der Waals surface area contributed by atoms with E-state index in [2.05, 4.69) is 19.6 Å². The highest BCUT2D eigenvalue weighted by atomic mass is 16.5. The van der Waals surface area contributed by atoms with Gasteiger partial charge in [-0.2, -0.15) is 0 Å². The predicted octanol–water partition coefficient (Wildman–Crippen LogP) is 2.52. The largest absolute Gasteiger partial charge is 0.454 e. The lowest BCUT2D eigenvalue weighted by atomic mass is 9.88. The summed E-state index contributed by atoms with van der Waals surface area (Å²) in [6.07, 6.45) is 5.61. The zero-order valence-corrected chi connectivity index (χ0v) is 11.0. The van der Waals surface area contributed by atoms with Crippen molar-refractivity contribution in [3.63, 3.8) is 0 Å². The highest BCUT2D eigenvalue weighted by molar-refractivity contribution is 5.91. The van der Waals surface area contributed by atoms with Crippen molar-refractivity contribution >= 4 is 5.97 Å². The molecule has 3 heteroatoms. The molecule has 2 aliphatic rings. The number of hydrogen-bond donors (Lipinski definition) is 1. The first-order valence-electron chi connectivity index (χ1n) is 6.41. The molecule has 2 rings (SSSR count). The van der Waals surface area contributed by atoms with E-state index in [0.29, 0.717) is 12.0 Å². The van der Waals surface area contributed by atoms with Crippen LogP contribution in [0.1, 0.15) is 33.1 Å². The maximum atomic E-state index is 11.6. The Labute approximate surface area is 108 Å². The van der Waals surface area contributed by atoms with Gasteiger partial charge in [0.15, 0.2) is 0 Å². The molecular formula is C15H20O3. The summed E-state index contributed by atoms with van der Waals surface area (Å²) in [6, 6.07) is 0. The minimum Gasteiger partial charge on any atom is -0.454 e. The second-order valence-corrected chi connectivity index (χ2v) is 5.25. The zero-order valence-electron chi connectivity index (χ0n) is 11.0. The van der Waals surface area contributed by atoms with Crippen LogP contribution in [0.4, 0.5) is 0 Å². The first-order valence-corrected chi connectivity index (χ1v) is 6.41. The van der Waals surface area contributed by atoms with Gasteiger partial charge < -0.3 is 9.84 Å². The number of hydrogen-bond acceptors (Lipinski definition) is 3. The van der Waals surface area contributed by atoms with Gasteiger partial charge >= 0.3 is 5.97 Å². The van der Waals surface area contributed by atoms with Crippen molar-refractivity contribution in [3.05, 3.63) is 35.5 Å². The van der Waals surface area contributed by atoms with Gasteiger partial charge in [-0.3, -0.25) is 0 Å². The molecule has 1 heterocycles. The highest BCUT2D eigenvalue weighted by Crippen LogP contribution is 2.34. The van der Waals surface area contributed by atoms with Crippen LogP contribution in [0.25, 0.3) is 0 Å². The second kappa shape index (κ2) is 5.11. The van der Waals surface area contributed by atoms with Crippen LogP contribution in [0.15, 0.2) is 35.5 Å². The summed E-state index contributed by atoms with van der Waals surface area (Å²) in [5, 5.41) is 9.99. The Morgan fingerprint density at radius 2 is 2.17 bits per heavy atom.